The molecule has 0 bridgehead atoms. The lowest BCUT2D eigenvalue weighted by Crippen LogP contribution is -2.26. The molecular weight excluding hydrogens is 294 g/mol. The fourth-order valence-corrected chi connectivity index (χ4v) is 4.83. The summed E-state index contributed by atoms with van der Waals surface area (Å²) >= 11 is 9.59. The zero-order chi connectivity index (χ0) is 13.1. The van der Waals surface area contributed by atoms with E-state index in [1.165, 1.54) is 35.4 Å². The lowest BCUT2D eigenvalue weighted by molar-refractivity contribution is 0.468. The molecule has 1 aliphatic carbocycles. The number of rotatable bonds is 5. The number of hydrogen-bond donors (Lipinski definition) is 1. The van der Waals surface area contributed by atoms with Gasteiger partial charge in [-0.1, -0.05) is 30.5 Å². The summed E-state index contributed by atoms with van der Waals surface area (Å²) in [5.41, 5.74) is 0. The molecule has 1 unspecified atom stereocenters. The molecule has 102 valence electrons. The van der Waals surface area contributed by atoms with E-state index in [9.17, 15) is 0 Å². The van der Waals surface area contributed by atoms with E-state index in [-0.39, 0.29) is 0 Å². The van der Waals surface area contributed by atoms with Crippen molar-refractivity contribution in [2.45, 2.75) is 31.7 Å². The average Bonchev–Trinajstić information content (AvgIpc) is 3.11. The van der Waals surface area contributed by atoms with Crippen LogP contribution >= 0.6 is 34.3 Å². The summed E-state index contributed by atoms with van der Waals surface area (Å²) in [5, 5.41) is 5.90. The highest BCUT2D eigenvalue weighted by Gasteiger charge is 2.20. The van der Waals surface area contributed by atoms with E-state index in [0.29, 0.717) is 6.04 Å². The molecule has 1 atom stereocenters. The topological polar surface area (TPSA) is 12.0 Å². The van der Waals surface area contributed by atoms with E-state index >= 15 is 0 Å². The predicted octanol–water partition coefficient (Wildman–Crippen LogP) is 5.33. The smallest absolute Gasteiger partial charge is 0.0931 e. The Morgan fingerprint density at radius 2 is 2.05 bits per heavy atom. The molecule has 2 aromatic rings. The van der Waals surface area contributed by atoms with Crippen molar-refractivity contribution >= 4 is 34.3 Å². The van der Waals surface area contributed by atoms with Crippen LogP contribution in [0, 0.1) is 5.92 Å². The summed E-state index contributed by atoms with van der Waals surface area (Å²) in [4.78, 5) is 2.71. The van der Waals surface area contributed by atoms with Crippen molar-refractivity contribution in [1.82, 2.24) is 5.32 Å². The minimum absolute atomic E-state index is 0.318. The number of hydrogen-bond acceptors (Lipinski definition) is 3. The van der Waals surface area contributed by atoms with Crippen molar-refractivity contribution in [3.63, 3.8) is 0 Å². The van der Waals surface area contributed by atoms with E-state index in [0.717, 1.165) is 16.8 Å². The average molecular weight is 312 g/mol. The van der Waals surface area contributed by atoms with Crippen LogP contribution < -0.4 is 5.32 Å². The second-order valence-corrected chi connectivity index (χ2v) is 7.87. The molecular formula is C15H18ClNS2. The van der Waals surface area contributed by atoms with Crippen LogP contribution in [0.25, 0.3) is 0 Å². The van der Waals surface area contributed by atoms with Crippen molar-refractivity contribution in [3.8, 4) is 0 Å². The summed E-state index contributed by atoms with van der Waals surface area (Å²) in [7, 11) is 0. The van der Waals surface area contributed by atoms with Gasteiger partial charge in [0.05, 0.1) is 10.4 Å². The predicted molar refractivity (Wildman–Crippen MR) is 85.5 cm³/mol. The standard InChI is InChI=1S/C15H18ClNS2/c16-14-8-7-13(19-14)15(12-6-3-9-18-12)17-10-11-4-1-2-5-11/h3,6-9,11,15,17H,1-2,4-5,10H2. The quantitative estimate of drug-likeness (QED) is 0.786. The van der Waals surface area contributed by atoms with Crippen molar-refractivity contribution in [2.24, 2.45) is 5.92 Å². The van der Waals surface area contributed by atoms with Crippen LogP contribution in [0.3, 0.4) is 0 Å². The summed E-state index contributed by atoms with van der Waals surface area (Å²) in [6.45, 7) is 1.12. The van der Waals surface area contributed by atoms with Crippen LogP contribution in [0.15, 0.2) is 29.6 Å². The van der Waals surface area contributed by atoms with Gasteiger partial charge in [0.15, 0.2) is 0 Å². The van der Waals surface area contributed by atoms with Crippen molar-refractivity contribution in [1.29, 1.82) is 0 Å². The Hall–Kier alpha value is -0.350. The fourth-order valence-electron chi connectivity index (χ4n) is 2.78. The van der Waals surface area contributed by atoms with Crippen LogP contribution in [0.4, 0.5) is 0 Å². The van der Waals surface area contributed by atoms with Crippen LogP contribution in [0.2, 0.25) is 4.34 Å². The van der Waals surface area contributed by atoms with Gasteiger partial charge in [-0.25, -0.2) is 0 Å². The molecule has 1 saturated carbocycles. The molecule has 1 N–H and O–H groups in total. The normalized spacial score (nSPS) is 17.9. The van der Waals surface area contributed by atoms with Crippen LogP contribution in [0.1, 0.15) is 41.5 Å². The molecule has 1 aliphatic rings. The summed E-state index contributed by atoms with van der Waals surface area (Å²) < 4.78 is 0.874. The van der Waals surface area contributed by atoms with Gasteiger partial charge in [0.1, 0.15) is 0 Å². The molecule has 0 aromatic carbocycles. The fraction of sp³-hybridized carbons (Fsp3) is 0.467. The molecule has 1 nitrogen and oxygen atoms in total. The zero-order valence-electron chi connectivity index (χ0n) is 10.8. The Bertz CT molecular complexity index is 500. The van der Waals surface area contributed by atoms with Crippen molar-refractivity contribution in [3.05, 3.63) is 43.7 Å². The van der Waals surface area contributed by atoms with Crippen LogP contribution in [-0.4, -0.2) is 6.54 Å². The maximum atomic E-state index is 6.09. The van der Waals surface area contributed by atoms with Gasteiger partial charge in [0, 0.05) is 9.75 Å². The highest BCUT2D eigenvalue weighted by atomic mass is 35.5. The van der Waals surface area contributed by atoms with Gasteiger partial charge in [0.2, 0.25) is 0 Å². The van der Waals surface area contributed by atoms with Gasteiger partial charge in [-0.15, -0.1) is 22.7 Å². The molecule has 3 rings (SSSR count). The maximum Gasteiger partial charge on any atom is 0.0931 e. The SMILES string of the molecule is Clc1ccc(C(NCC2CCCC2)c2cccs2)s1. The summed E-state index contributed by atoms with van der Waals surface area (Å²) in [6.07, 6.45) is 5.58. The Morgan fingerprint density at radius 3 is 2.68 bits per heavy atom. The highest BCUT2D eigenvalue weighted by molar-refractivity contribution is 7.16. The second-order valence-electron chi connectivity index (χ2n) is 5.15. The first-order valence-corrected chi connectivity index (χ1v) is 8.92. The molecule has 0 aliphatic heterocycles. The lowest BCUT2D eigenvalue weighted by Gasteiger charge is -2.19. The molecule has 0 saturated heterocycles. The first-order valence-electron chi connectivity index (χ1n) is 6.85. The Balaban J connectivity index is 1.73. The van der Waals surface area contributed by atoms with Gasteiger partial charge in [-0.2, -0.15) is 0 Å². The minimum atomic E-state index is 0.318. The highest BCUT2D eigenvalue weighted by Crippen LogP contribution is 2.34. The first kappa shape index (κ1) is 13.6. The van der Waals surface area contributed by atoms with Gasteiger partial charge in [0.25, 0.3) is 0 Å². The molecule has 2 heterocycles. The molecule has 2 aromatic heterocycles. The monoisotopic (exact) mass is 311 g/mol. The van der Waals surface area contributed by atoms with Crippen LogP contribution in [-0.2, 0) is 0 Å². The molecule has 1 fully saturated rings. The van der Waals surface area contributed by atoms with E-state index in [1.807, 2.05) is 17.4 Å². The zero-order valence-corrected chi connectivity index (χ0v) is 13.2. The third-order valence-electron chi connectivity index (χ3n) is 3.79. The molecule has 0 radical (unpaired) electrons. The van der Waals surface area contributed by atoms with E-state index in [4.69, 9.17) is 11.6 Å². The second kappa shape index (κ2) is 6.40. The summed E-state index contributed by atoms with van der Waals surface area (Å²) in [6, 6.07) is 8.81. The lowest BCUT2D eigenvalue weighted by atomic mass is 10.1. The molecule has 0 amide bonds. The first-order chi connectivity index (χ1) is 9.33. The Labute approximate surface area is 127 Å². The van der Waals surface area contributed by atoms with Crippen molar-refractivity contribution < 1.29 is 0 Å². The minimum Gasteiger partial charge on any atom is -0.305 e. The number of nitrogens with one attached hydrogen (secondary N) is 1. The van der Waals surface area contributed by atoms with Crippen molar-refractivity contribution in [2.75, 3.05) is 6.54 Å². The van der Waals surface area contributed by atoms with Gasteiger partial charge >= 0.3 is 0 Å². The maximum absolute atomic E-state index is 6.09. The molecule has 0 spiro atoms. The third-order valence-corrected chi connectivity index (χ3v) is 6.02. The number of thiophene rings is 2. The largest absolute Gasteiger partial charge is 0.305 e. The van der Waals surface area contributed by atoms with E-state index in [1.54, 1.807) is 11.3 Å². The van der Waals surface area contributed by atoms with Gasteiger partial charge in [-0.05, 0) is 48.9 Å². The van der Waals surface area contributed by atoms with Gasteiger partial charge in [-0.3, -0.25) is 0 Å². The van der Waals surface area contributed by atoms with Gasteiger partial charge < -0.3 is 5.32 Å². The number of halogens is 1. The molecule has 4 heteroatoms. The van der Waals surface area contributed by atoms with Crippen LogP contribution in [0.5, 0.6) is 0 Å². The Morgan fingerprint density at radius 1 is 1.21 bits per heavy atom. The Kier molecular flexibility index (Phi) is 4.59. The van der Waals surface area contributed by atoms with E-state index in [2.05, 4.69) is 28.9 Å². The summed E-state index contributed by atoms with van der Waals surface area (Å²) in [5.74, 6) is 0.859. The third kappa shape index (κ3) is 3.40. The molecule has 19 heavy (non-hydrogen) atoms. The van der Waals surface area contributed by atoms with E-state index < -0.39 is 0 Å².